The van der Waals surface area contributed by atoms with Crippen molar-refractivity contribution >= 4 is 45.8 Å². The van der Waals surface area contributed by atoms with Gasteiger partial charge in [-0.1, -0.05) is 31.4 Å². The first-order valence-corrected chi connectivity index (χ1v) is 10.0. The minimum atomic E-state index is -0.904. The second-order valence-corrected chi connectivity index (χ2v) is 8.36. The van der Waals surface area contributed by atoms with Crippen LogP contribution < -0.4 is 0 Å². The van der Waals surface area contributed by atoms with Crippen LogP contribution in [-0.4, -0.2) is 16.6 Å². The maximum atomic E-state index is 11.2. The number of aliphatic imine (C=N–C) groups is 1. The van der Waals surface area contributed by atoms with Crippen molar-refractivity contribution in [3.63, 3.8) is 0 Å². The van der Waals surface area contributed by atoms with Crippen LogP contribution in [0.3, 0.4) is 0 Å². The molecule has 5 heteroatoms. The summed E-state index contributed by atoms with van der Waals surface area (Å²) in [5.41, 5.74) is -0.475. The number of hydrogen-bond donors (Lipinski definition) is 1. The highest BCUT2D eigenvalue weighted by molar-refractivity contribution is 14.1. The van der Waals surface area contributed by atoms with Gasteiger partial charge in [0, 0.05) is 11.4 Å². The summed E-state index contributed by atoms with van der Waals surface area (Å²) in [5.74, 6) is 1.53. The first kappa shape index (κ1) is 18.2. The average Bonchev–Trinajstić information content (AvgIpc) is 3.35. The molecule has 0 bridgehead atoms. The van der Waals surface area contributed by atoms with E-state index in [2.05, 4.69) is 29.5 Å². The van der Waals surface area contributed by atoms with E-state index in [0.717, 1.165) is 53.6 Å². The monoisotopic (exact) mass is 459 g/mol. The lowest BCUT2D eigenvalue weighted by Gasteiger charge is -2.39. The Bertz CT molecular complexity index is 675. The van der Waals surface area contributed by atoms with Crippen LogP contribution >= 0.6 is 34.2 Å². The number of allylic oxidation sites excluding steroid dienone is 1. The zero-order valence-electron chi connectivity index (χ0n) is 14.1. The zero-order chi connectivity index (χ0) is 17.4. The molecule has 24 heavy (non-hydrogen) atoms. The summed E-state index contributed by atoms with van der Waals surface area (Å²) in [7, 11) is 0. The van der Waals surface area contributed by atoms with E-state index in [-0.39, 0.29) is 5.41 Å². The first-order chi connectivity index (χ1) is 11.4. The van der Waals surface area contributed by atoms with Crippen molar-refractivity contribution in [3.05, 3.63) is 38.6 Å². The second-order valence-electron chi connectivity index (χ2n) is 6.84. The fraction of sp³-hybridized carbons (Fsp3) is 0.526. The van der Waals surface area contributed by atoms with Crippen LogP contribution in [0.2, 0.25) is 5.02 Å². The van der Waals surface area contributed by atoms with Gasteiger partial charge in [-0.15, -0.1) is 0 Å². The molecule has 1 aliphatic carbocycles. The lowest BCUT2D eigenvalue weighted by molar-refractivity contribution is 0.0367. The Kier molecular flexibility index (Phi) is 5.28. The van der Waals surface area contributed by atoms with Crippen molar-refractivity contribution in [2.75, 3.05) is 0 Å². The van der Waals surface area contributed by atoms with Crippen LogP contribution in [0.5, 0.6) is 0 Å². The van der Waals surface area contributed by atoms with Crippen molar-refractivity contribution in [2.24, 2.45) is 10.4 Å². The molecule has 3 rings (SSSR count). The van der Waals surface area contributed by atoms with Crippen LogP contribution in [0.1, 0.15) is 52.4 Å². The van der Waals surface area contributed by atoms with Gasteiger partial charge in [0.15, 0.2) is 0 Å². The molecule has 1 saturated carbocycles. The Labute approximate surface area is 162 Å². The van der Waals surface area contributed by atoms with Gasteiger partial charge < -0.3 is 9.84 Å². The third-order valence-corrected chi connectivity index (χ3v) is 6.95. The summed E-state index contributed by atoms with van der Waals surface area (Å²) in [5, 5.41) is 11.9. The normalized spacial score (nSPS) is 26.8. The number of aliphatic hydroxyl groups is 1. The predicted molar refractivity (Wildman–Crippen MR) is 107 cm³/mol. The maximum Gasteiger partial charge on any atom is 0.204 e. The summed E-state index contributed by atoms with van der Waals surface area (Å²) < 4.78 is 7.16. The molecule has 1 aromatic rings. The topological polar surface area (TPSA) is 41.8 Å². The Morgan fingerprint density at radius 2 is 1.92 bits per heavy atom. The van der Waals surface area contributed by atoms with Crippen molar-refractivity contribution in [3.8, 4) is 0 Å². The van der Waals surface area contributed by atoms with Crippen molar-refractivity contribution in [1.82, 2.24) is 0 Å². The Morgan fingerprint density at radius 1 is 1.25 bits per heavy atom. The SMILES string of the molecule is CCCCCC1=C(I)C(C)(O)C2(CC2)C(=Nc2ccc(Cl)cc2)O1. The highest BCUT2D eigenvalue weighted by atomic mass is 127. The average molecular weight is 460 g/mol. The highest BCUT2D eigenvalue weighted by Gasteiger charge is 2.65. The summed E-state index contributed by atoms with van der Waals surface area (Å²) in [6, 6.07) is 7.40. The quantitative estimate of drug-likeness (QED) is 0.423. The molecule has 1 aromatic carbocycles. The maximum absolute atomic E-state index is 11.2. The van der Waals surface area contributed by atoms with Gasteiger partial charge in [0.05, 0.1) is 14.7 Å². The number of ether oxygens (including phenoxy) is 1. The zero-order valence-corrected chi connectivity index (χ0v) is 17.0. The molecule has 1 aliphatic heterocycles. The number of halogens is 2. The van der Waals surface area contributed by atoms with Crippen molar-refractivity contribution in [2.45, 2.75) is 58.0 Å². The molecule has 1 spiro atoms. The lowest BCUT2D eigenvalue weighted by Crippen LogP contribution is -2.46. The summed E-state index contributed by atoms with van der Waals surface area (Å²) in [6.07, 6.45) is 6.04. The molecule has 2 aliphatic rings. The van der Waals surface area contributed by atoms with Gasteiger partial charge in [-0.25, -0.2) is 4.99 Å². The van der Waals surface area contributed by atoms with Gasteiger partial charge in [0.1, 0.15) is 11.4 Å². The van der Waals surface area contributed by atoms with Gasteiger partial charge in [-0.05, 0) is 73.0 Å². The summed E-state index contributed by atoms with van der Waals surface area (Å²) >= 11 is 8.21. The van der Waals surface area contributed by atoms with Crippen LogP contribution in [0.15, 0.2) is 38.6 Å². The summed E-state index contributed by atoms with van der Waals surface area (Å²) in [4.78, 5) is 4.72. The van der Waals surface area contributed by atoms with Crippen molar-refractivity contribution in [1.29, 1.82) is 0 Å². The molecule has 1 unspecified atom stereocenters. The summed E-state index contributed by atoms with van der Waals surface area (Å²) in [6.45, 7) is 4.09. The highest BCUT2D eigenvalue weighted by Crippen LogP contribution is 2.62. The van der Waals surface area contributed by atoms with E-state index in [1.807, 2.05) is 31.2 Å². The molecule has 0 radical (unpaired) electrons. The van der Waals surface area contributed by atoms with E-state index in [1.165, 1.54) is 0 Å². The molecule has 130 valence electrons. The number of rotatable bonds is 5. The van der Waals surface area contributed by atoms with E-state index in [1.54, 1.807) is 0 Å². The van der Waals surface area contributed by atoms with Crippen LogP contribution in [0, 0.1) is 5.41 Å². The van der Waals surface area contributed by atoms with E-state index in [4.69, 9.17) is 21.3 Å². The van der Waals surface area contributed by atoms with Crippen LogP contribution in [0.4, 0.5) is 5.69 Å². The number of nitrogens with zero attached hydrogens (tertiary/aromatic N) is 1. The van der Waals surface area contributed by atoms with Gasteiger partial charge >= 0.3 is 0 Å². The second kappa shape index (κ2) is 6.96. The number of hydrogen-bond acceptors (Lipinski definition) is 3. The molecule has 1 heterocycles. The molecule has 0 amide bonds. The first-order valence-electron chi connectivity index (χ1n) is 8.55. The van der Waals surface area contributed by atoms with Gasteiger partial charge in [0.25, 0.3) is 0 Å². The van der Waals surface area contributed by atoms with Gasteiger partial charge in [0.2, 0.25) is 5.90 Å². The standard InChI is InChI=1S/C19H23ClINO2/c1-3-4-5-6-15-16(21)18(2,23)19(11-12-19)17(24-15)22-14-9-7-13(20)8-10-14/h7-10,23H,3-6,11-12H2,1-2H3. The number of unbranched alkanes of at least 4 members (excludes halogenated alkanes) is 2. The van der Waals surface area contributed by atoms with Gasteiger partial charge in [-0.2, -0.15) is 0 Å². The van der Waals surface area contributed by atoms with E-state index < -0.39 is 5.60 Å². The minimum absolute atomic E-state index is 0.378. The van der Waals surface area contributed by atoms with Gasteiger partial charge in [-0.3, -0.25) is 0 Å². The van der Waals surface area contributed by atoms with Crippen molar-refractivity contribution < 1.29 is 9.84 Å². The van der Waals surface area contributed by atoms with Crippen LogP contribution in [-0.2, 0) is 4.74 Å². The predicted octanol–water partition coefficient (Wildman–Crippen LogP) is 6.16. The Morgan fingerprint density at radius 3 is 2.50 bits per heavy atom. The molecular formula is C19H23ClINO2. The Hall–Kier alpha value is -0.590. The smallest absolute Gasteiger partial charge is 0.204 e. The lowest BCUT2D eigenvalue weighted by atomic mass is 9.82. The molecular weight excluding hydrogens is 437 g/mol. The fourth-order valence-electron chi connectivity index (χ4n) is 3.23. The fourth-order valence-corrected chi connectivity index (χ4v) is 4.26. The molecule has 1 N–H and O–H groups in total. The third-order valence-electron chi connectivity index (χ3n) is 5.05. The third kappa shape index (κ3) is 3.25. The Balaban J connectivity index is 1.94. The van der Waals surface area contributed by atoms with Crippen LogP contribution in [0.25, 0.3) is 0 Å². The largest absolute Gasteiger partial charge is 0.446 e. The number of benzene rings is 1. The molecule has 1 fully saturated rings. The molecule has 0 saturated heterocycles. The van der Waals surface area contributed by atoms with E-state index in [9.17, 15) is 5.11 Å². The minimum Gasteiger partial charge on any atom is -0.446 e. The van der Waals surface area contributed by atoms with E-state index in [0.29, 0.717) is 10.9 Å². The molecule has 3 nitrogen and oxygen atoms in total. The molecule has 0 aromatic heterocycles. The molecule has 1 atom stereocenters. The van der Waals surface area contributed by atoms with E-state index >= 15 is 0 Å².